The Balaban J connectivity index is 1.57. The van der Waals surface area contributed by atoms with E-state index in [0.29, 0.717) is 0 Å². The van der Waals surface area contributed by atoms with Crippen molar-refractivity contribution in [3.8, 4) is 33.8 Å². The molecule has 6 rings (SSSR count). The topological polar surface area (TPSA) is 25.8 Å². The van der Waals surface area contributed by atoms with Gasteiger partial charge < -0.3 is 0 Å². The molecule has 2 aromatic heterocycles. The van der Waals surface area contributed by atoms with Gasteiger partial charge in [-0.3, -0.25) is 0 Å². The standard InChI is InChI=1S/C28H17BrN2S/c29-22-15-16-24-23(17-22)26-27(32-24)25(20-9-5-2-6-10-20)30-28(31-26)21-13-11-19(12-14-21)18-7-3-1-4-8-18/h1-17H. The van der Waals surface area contributed by atoms with E-state index in [0.717, 1.165) is 42.7 Å². The fourth-order valence-electron chi connectivity index (χ4n) is 3.98. The lowest BCUT2D eigenvalue weighted by Gasteiger charge is -2.08. The first kappa shape index (κ1) is 19.4. The van der Waals surface area contributed by atoms with Gasteiger partial charge in [0.25, 0.3) is 0 Å². The van der Waals surface area contributed by atoms with Crippen molar-refractivity contribution < 1.29 is 0 Å². The van der Waals surface area contributed by atoms with Gasteiger partial charge in [0.05, 0.1) is 15.9 Å². The van der Waals surface area contributed by atoms with Crippen molar-refractivity contribution in [2.24, 2.45) is 0 Å². The largest absolute Gasteiger partial charge is 0.226 e. The van der Waals surface area contributed by atoms with E-state index in [9.17, 15) is 0 Å². The molecule has 6 aromatic rings. The minimum atomic E-state index is 0.746. The van der Waals surface area contributed by atoms with Crippen molar-refractivity contribution in [3.05, 3.63) is 108 Å². The Hall–Kier alpha value is -3.34. The number of fused-ring (bicyclic) bond motifs is 3. The lowest BCUT2D eigenvalue weighted by molar-refractivity contribution is 1.24. The highest BCUT2D eigenvalue weighted by atomic mass is 79.9. The zero-order valence-electron chi connectivity index (χ0n) is 17.0. The maximum Gasteiger partial charge on any atom is 0.160 e. The van der Waals surface area contributed by atoms with Gasteiger partial charge >= 0.3 is 0 Å². The highest BCUT2D eigenvalue weighted by Gasteiger charge is 2.16. The SMILES string of the molecule is Brc1ccc2sc3c(-c4ccccc4)nc(-c4ccc(-c5ccccc5)cc4)nc3c2c1. The molecule has 0 N–H and O–H groups in total. The van der Waals surface area contributed by atoms with E-state index in [4.69, 9.17) is 9.97 Å². The lowest BCUT2D eigenvalue weighted by atomic mass is 10.0. The Kier molecular flexibility index (Phi) is 4.82. The summed E-state index contributed by atoms with van der Waals surface area (Å²) >= 11 is 5.37. The number of benzene rings is 4. The van der Waals surface area contributed by atoms with Gasteiger partial charge in [-0.25, -0.2) is 9.97 Å². The van der Waals surface area contributed by atoms with Crippen LogP contribution in [0.15, 0.2) is 108 Å². The molecule has 0 atom stereocenters. The van der Waals surface area contributed by atoms with Crippen molar-refractivity contribution in [2.75, 3.05) is 0 Å². The van der Waals surface area contributed by atoms with Gasteiger partial charge in [-0.2, -0.15) is 0 Å². The highest BCUT2D eigenvalue weighted by Crippen LogP contribution is 2.40. The molecule has 2 heterocycles. The monoisotopic (exact) mass is 492 g/mol. The fraction of sp³-hybridized carbons (Fsp3) is 0. The van der Waals surface area contributed by atoms with Gasteiger partial charge in [-0.05, 0) is 29.3 Å². The van der Waals surface area contributed by atoms with Crippen LogP contribution < -0.4 is 0 Å². The third kappa shape index (κ3) is 3.42. The summed E-state index contributed by atoms with van der Waals surface area (Å²) in [7, 11) is 0. The van der Waals surface area contributed by atoms with Gasteiger partial charge in [0.1, 0.15) is 0 Å². The third-order valence-electron chi connectivity index (χ3n) is 5.57. The molecule has 0 aliphatic rings. The summed E-state index contributed by atoms with van der Waals surface area (Å²) < 4.78 is 3.39. The lowest BCUT2D eigenvalue weighted by Crippen LogP contribution is -1.93. The predicted molar refractivity (Wildman–Crippen MR) is 139 cm³/mol. The van der Waals surface area contributed by atoms with E-state index in [1.54, 1.807) is 11.3 Å². The van der Waals surface area contributed by atoms with Crippen LogP contribution in [0.3, 0.4) is 0 Å². The molecular formula is C28H17BrN2S. The number of halogens is 1. The van der Waals surface area contributed by atoms with E-state index in [1.807, 2.05) is 12.1 Å². The van der Waals surface area contributed by atoms with Crippen molar-refractivity contribution in [3.63, 3.8) is 0 Å². The number of hydrogen-bond donors (Lipinski definition) is 0. The van der Waals surface area contributed by atoms with Crippen molar-refractivity contribution in [1.29, 1.82) is 0 Å². The molecule has 4 heteroatoms. The van der Waals surface area contributed by atoms with E-state index < -0.39 is 0 Å². The Morgan fingerprint density at radius 2 is 1.22 bits per heavy atom. The average Bonchev–Trinajstić information content (AvgIpc) is 3.22. The normalized spacial score (nSPS) is 11.3. The quantitative estimate of drug-likeness (QED) is 0.247. The van der Waals surface area contributed by atoms with Gasteiger partial charge in [0, 0.05) is 25.7 Å². The van der Waals surface area contributed by atoms with Crippen LogP contribution in [0, 0.1) is 0 Å². The van der Waals surface area contributed by atoms with Crippen molar-refractivity contribution in [2.45, 2.75) is 0 Å². The van der Waals surface area contributed by atoms with Crippen LogP contribution in [-0.4, -0.2) is 9.97 Å². The molecule has 0 saturated heterocycles. The summed E-state index contributed by atoms with van der Waals surface area (Å²) in [5.74, 6) is 0.746. The maximum atomic E-state index is 5.05. The Morgan fingerprint density at radius 3 is 1.94 bits per heavy atom. The second-order valence-corrected chi connectivity index (χ2v) is 9.59. The molecule has 0 fully saturated rings. The van der Waals surface area contributed by atoms with E-state index in [-0.39, 0.29) is 0 Å². The highest BCUT2D eigenvalue weighted by molar-refractivity contribution is 9.10. The summed E-state index contributed by atoms with van der Waals surface area (Å²) in [4.78, 5) is 10.1. The molecule has 0 unspecified atom stereocenters. The molecule has 0 saturated carbocycles. The first-order valence-corrected chi connectivity index (χ1v) is 12.0. The van der Waals surface area contributed by atoms with E-state index in [1.165, 1.54) is 15.8 Å². The molecule has 4 aromatic carbocycles. The smallest absolute Gasteiger partial charge is 0.160 e. The van der Waals surface area contributed by atoms with Crippen LogP contribution in [0.1, 0.15) is 0 Å². The van der Waals surface area contributed by atoms with Gasteiger partial charge in [-0.1, -0.05) is 101 Å². The third-order valence-corrected chi connectivity index (χ3v) is 7.23. The van der Waals surface area contributed by atoms with Crippen LogP contribution in [0.25, 0.3) is 54.1 Å². The van der Waals surface area contributed by atoms with Crippen molar-refractivity contribution >= 4 is 47.6 Å². The van der Waals surface area contributed by atoms with Crippen LogP contribution in [0.5, 0.6) is 0 Å². The number of nitrogens with zero attached hydrogens (tertiary/aromatic N) is 2. The summed E-state index contributed by atoms with van der Waals surface area (Å²) in [6.07, 6.45) is 0. The summed E-state index contributed by atoms with van der Waals surface area (Å²) in [5.41, 5.74) is 6.49. The van der Waals surface area contributed by atoms with E-state index in [2.05, 4.69) is 107 Å². The van der Waals surface area contributed by atoms with Gasteiger partial charge in [0.2, 0.25) is 0 Å². The Bertz CT molecular complexity index is 1560. The van der Waals surface area contributed by atoms with Crippen LogP contribution in [0.4, 0.5) is 0 Å². The summed E-state index contributed by atoms with van der Waals surface area (Å²) in [5, 5.41) is 1.15. The van der Waals surface area contributed by atoms with Crippen LogP contribution >= 0.6 is 27.3 Å². The second-order valence-electron chi connectivity index (χ2n) is 7.63. The van der Waals surface area contributed by atoms with Gasteiger partial charge in [-0.15, -0.1) is 11.3 Å². The summed E-state index contributed by atoms with van der Waals surface area (Å²) in [6.45, 7) is 0. The van der Waals surface area contributed by atoms with Crippen LogP contribution in [0.2, 0.25) is 0 Å². The molecular weight excluding hydrogens is 476 g/mol. The number of thiophene rings is 1. The Morgan fingerprint density at radius 1 is 0.594 bits per heavy atom. The van der Waals surface area contributed by atoms with Crippen molar-refractivity contribution in [1.82, 2.24) is 9.97 Å². The van der Waals surface area contributed by atoms with E-state index >= 15 is 0 Å². The second kappa shape index (κ2) is 7.97. The Labute approximate surface area is 198 Å². The number of hydrogen-bond acceptors (Lipinski definition) is 3. The number of aromatic nitrogens is 2. The zero-order valence-corrected chi connectivity index (χ0v) is 19.4. The minimum absolute atomic E-state index is 0.746. The fourth-order valence-corrected chi connectivity index (χ4v) is 5.47. The number of rotatable bonds is 3. The molecule has 0 radical (unpaired) electrons. The van der Waals surface area contributed by atoms with Gasteiger partial charge in [0.15, 0.2) is 5.82 Å². The molecule has 152 valence electrons. The molecule has 32 heavy (non-hydrogen) atoms. The molecule has 0 amide bonds. The summed E-state index contributed by atoms with van der Waals surface area (Å²) in [6, 6.07) is 35.7. The molecule has 0 bridgehead atoms. The predicted octanol–water partition coefficient (Wildman–Crippen LogP) is 8.61. The first-order chi connectivity index (χ1) is 15.8. The molecule has 0 aliphatic heterocycles. The molecule has 0 spiro atoms. The average molecular weight is 493 g/mol. The van der Waals surface area contributed by atoms with Crippen LogP contribution in [-0.2, 0) is 0 Å². The first-order valence-electron chi connectivity index (χ1n) is 10.4. The minimum Gasteiger partial charge on any atom is -0.226 e. The molecule has 2 nitrogen and oxygen atoms in total. The molecule has 0 aliphatic carbocycles. The zero-order chi connectivity index (χ0) is 21.5. The maximum absolute atomic E-state index is 5.05.